The summed E-state index contributed by atoms with van der Waals surface area (Å²) in [7, 11) is 0. The molecule has 35 heavy (non-hydrogen) atoms. The maximum Gasteiger partial charge on any atom is 0.232 e. The van der Waals surface area contributed by atoms with E-state index >= 15 is 0 Å². The maximum absolute atomic E-state index is 13.1. The van der Waals surface area contributed by atoms with Crippen molar-refractivity contribution in [1.82, 2.24) is 4.90 Å². The molecule has 0 radical (unpaired) electrons. The van der Waals surface area contributed by atoms with Gasteiger partial charge in [0.1, 0.15) is 22.6 Å². The highest BCUT2D eigenvalue weighted by atomic mass is 35.5. The quantitative estimate of drug-likeness (QED) is 0.412. The van der Waals surface area contributed by atoms with Crippen molar-refractivity contribution in [3.63, 3.8) is 0 Å². The summed E-state index contributed by atoms with van der Waals surface area (Å²) >= 11 is 6.21. The number of likely N-dealkylation sites (tertiary alicyclic amines) is 1. The van der Waals surface area contributed by atoms with E-state index in [2.05, 4.69) is 18.7 Å². The SMILES string of the molecule is CC(C)(CCC(C(N)=O)(c1ccccc1)c1ccccc1)N1CC[C@H](Oc2cccc(O)c2Cl)C1. The van der Waals surface area contributed by atoms with Crippen molar-refractivity contribution in [2.75, 3.05) is 13.1 Å². The Balaban J connectivity index is 1.53. The van der Waals surface area contributed by atoms with E-state index in [9.17, 15) is 9.90 Å². The number of phenolic OH excluding ortho intramolecular Hbond substituents is 1. The molecule has 0 bridgehead atoms. The van der Waals surface area contributed by atoms with Crippen LogP contribution in [-0.2, 0) is 10.2 Å². The second-order valence-electron chi connectivity index (χ2n) is 9.88. The fourth-order valence-electron chi connectivity index (χ4n) is 5.10. The molecular formula is C29H33ClN2O3. The van der Waals surface area contributed by atoms with Crippen LogP contribution < -0.4 is 10.5 Å². The minimum atomic E-state index is -0.912. The number of carbonyl (C=O) groups is 1. The molecule has 4 rings (SSSR count). The molecule has 5 nitrogen and oxygen atoms in total. The minimum absolute atomic E-state index is 0.0176. The van der Waals surface area contributed by atoms with Gasteiger partial charge in [0.05, 0.1) is 5.41 Å². The van der Waals surface area contributed by atoms with Gasteiger partial charge in [-0.25, -0.2) is 0 Å². The summed E-state index contributed by atoms with van der Waals surface area (Å²) in [5.74, 6) is 0.174. The molecule has 1 aliphatic heterocycles. The molecule has 184 valence electrons. The Morgan fingerprint density at radius 2 is 1.60 bits per heavy atom. The van der Waals surface area contributed by atoms with Crippen LogP contribution in [0.15, 0.2) is 78.9 Å². The van der Waals surface area contributed by atoms with Gasteiger partial charge in [-0.05, 0) is 56.4 Å². The van der Waals surface area contributed by atoms with Crippen molar-refractivity contribution in [2.24, 2.45) is 5.73 Å². The van der Waals surface area contributed by atoms with Crippen LogP contribution in [0.4, 0.5) is 0 Å². The summed E-state index contributed by atoms with van der Waals surface area (Å²) in [4.78, 5) is 15.5. The molecule has 0 aliphatic carbocycles. The number of amides is 1. The van der Waals surface area contributed by atoms with Crippen LogP contribution >= 0.6 is 11.6 Å². The highest BCUT2D eigenvalue weighted by molar-refractivity contribution is 6.33. The molecule has 1 atom stereocenters. The van der Waals surface area contributed by atoms with Crippen molar-refractivity contribution in [2.45, 2.75) is 50.2 Å². The molecule has 0 unspecified atom stereocenters. The van der Waals surface area contributed by atoms with E-state index in [1.165, 1.54) is 0 Å². The number of carbonyl (C=O) groups excluding carboxylic acids is 1. The van der Waals surface area contributed by atoms with Crippen molar-refractivity contribution in [1.29, 1.82) is 0 Å². The lowest BCUT2D eigenvalue weighted by atomic mass is 9.69. The summed E-state index contributed by atoms with van der Waals surface area (Å²) in [6.45, 7) is 6.02. The maximum atomic E-state index is 13.1. The van der Waals surface area contributed by atoms with Crippen molar-refractivity contribution in [3.05, 3.63) is 95.0 Å². The first-order valence-electron chi connectivity index (χ1n) is 12.0. The van der Waals surface area contributed by atoms with Gasteiger partial charge in [0.25, 0.3) is 0 Å². The van der Waals surface area contributed by atoms with Crippen molar-refractivity contribution in [3.8, 4) is 11.5 Å². The zero-order valence-electron chi connectivity index (χ0n) is 20.3. The monoisotopic (exact) mass is 492 g/mol. The highest BCUT2D eigenvalue weighted by Gasteiger charge is 2.43. The summed E-state index contributed by atoms with van der Waals surface area (Å²) < 4.78 is 6.13. The van der Waals surface area contributed by atoms with E-state index in [1.54, 1.807) is 18.2 Å². The normalized spacial score (nSPS) is 16.8. The lowest BCUT2D eigenvalue weighted by Crippen LogP contribution is -2.47. The second-order valence-corrected chi connectivity index (χ2v) is 10.3. The van der Waals surface area contributed by atoms with Gasteiger partial charge in [0.15, 0.2) is 0 Å². The Hall–Kier alpha value is -3.02. The zero-order valence-corrected chi connectivity index (χ0v) is 21.0. The number of rotatable bonds is 9. The predicted octanol–water partition coefficient (Wildman–Crippen LogP) is 5.53. The van der Waals surface area contributed by atoms with E-state index < -0.39 is 5.41 Å². The third-order valence-electron chi connectivity index (χ3n) is 7.30. The van der Waals surface area contributed by atoms with Crippen LogP contribution in [-0.4, -0.2) is 40.6 Å². The predicted molar refractivity (Wildman–Crippen MR) is 140 cm³/mol. The van der Waals surface area contributed by atoms with Gasteiger partial charge in [-0.15, -0.1) is 0 Å². The van der Waals surface area contributed by atoms with Crippen LogP contribution in [0, 0.1) is 0 Å². The van der Waals surface area contributed by atoms with Gasteiger partial charge in [0, 0.05) is 18.6 Å². The van der Waals surface area contributed by atoms with Gasteiger partial charge in [-0.3, -0.25) is 9.69 Å². The van der Waals surface area contributed by atoms with Gasteiger partial charge in [-0.2, -0.15) is 0 Å². The Kier molecular flexibility index (Phi) is 7.39. The topological polar surface area (TPSA) is 75.8 Å². The van der Waals surface area contributed by atoms with E-state index in [-0.39, 0.29) is 28.3 Å². The number of benzene rings is 3. The number of hydrogen-bond acceptors (Lipinski definition) is 4. The molecule has 0 spiro atoms. The standard InChI is InChI=1S/C29H33ClN2O3/c1-28(2,32-19-16-23(20-32)35-25-15-9-14-24(33)26(25)30)17-18-29(27(31)34,21-10-5-3-6-11-21)22-12-7-4-8-13-22/h3-15,23,33H,16-20H2,1-2H3,(H2,31,34)/t23-/m0/s1. The van der Waals surface area contributed by atoms with Gasteiger partial charge in [0.2, 0.25) is 5.91 Å². The summed E-state index contributed by atoms with van der Waals surface area (Å²) in [5, 5.41) is 10.1. The first-order chi connectivity index (χ1) is 16.7. The number of halogens is 1. The molecule has 1 saturated heterocycles. The van der Waals surface area contributed by atoms with E-state index in [0.29, 0.717) is 12.2 Å². The first-order valence-corrected chi connectivity index (χ1v) is 12.4. The van der Waals surface area contributed by atoms with Gasteiger partial charge < -0.3 is 15.6 Å². The lowest BCUT2D eigenvalue weighted by Gasteiger charge is -2.40. The molecule has 0 aromatic heterocycles. The molecule has 1 fully saturated rings. The average molecular weight is 493 g/mol. The lowest BCUT2D eigenvalue weighted by molar-refractivity contribution is -0.122. The van der Waals surface area contributed by atoms with Crippen LogP contribution in [0.1, 0.15) is 44.2 Å². The zero-order chi connectivity index (χ0) is 25.1. The van der Waals surface area contributed by atoms with Crippen LogP contribution in [0.25, 0.3) is 0 Å². The number of phenols is 1. The number of primary amides is 1. The van der Waals surface area contributed by atoms with Crippen LogP contribution in [0.2, 0.25) is 5.02 Å². The fourth-order valence-corrected chi connectivity index (χ4v) is 5.27. The van der Waals surface area contributed by atoms with Crippen molar-refractivity contribution >= 4 is 17.5 Å². The van der Waals surface area contributed by atoms with E-state index in [4.69, 9.17) is 22.1 Å². The first kappa shape index (κ1) is 25.1. The van der Waals surface area contributed by atoms with Crippen LogP contribution in [0.3, 0.4) is 0 Å². The molecule has 6 heteroatoms. The van der Waals surface area contributed by atoms with Crippen molar-refractivity contribution < 1.29 is 14.6 Å². The Labute approximate surface area is 212 Å². The van der Waals surface area contributed by atoms with E-state index in [0.717, 1.165) is 37.1 Å². The third-order valence-corrected chi connectivity index (χ3v) is 7.68. The highest BCUT2D eigenvalue weighted by Crippen LogP contribution is 2.40. The number of nitrogens with zero attached hydrogens (tertiary/aromatic N) is 1. The molecule has 0 saturated carbocycles. The average Bonchev–Trinajstić information content (AvgIpc) is 3.33. The number of nitrogens with two attached hydrogens (primary N) is 1. The summed E-state index contributed by atoms with van der Waals surface area (Å²) in [6, 6.07) is 24.7. The minimum Gasteiger partial charge on any atom is -0.506 e. The molecule has 1 heterocycles. The Morgan fingerprint density at radius 1 is 1.00 bits per heavy atom. The van der Waals surface area contributed by atoms with Gasteiger partial charge in [-0.1, -0.05) is 78.3 Å². The Morgan fingerprint density at radius 3 is 2.17 bits per heavy atom. The summed E-state index contributed by atoms with van der Waals surface area (Å²) in [5.41, 5.74) is 6.87. The van der Waals surface area contributed by atoms with E-state index in [1.807, 2.05) is 60.7 Å². The number of aromatic hydroxyl groups is 1. The fraction of sp³-hybridized carbons (Fsp3) is 0.345. The number of ether oxygens (including phenoxy) is 1. The molecule has 1 aliphatic rings. The Bertz CT molecular complexity index is 1110. The molecule has 3 aromatic carbocycles. The summed E-state index contributed by atoms with van der Waals surface area (Å²) in [6.07, 6.45) is 2.18. The largest absolute Gasteiger partial charge is 0.506 e. The third kappa shape index (κ3) is 5.16. The van der Waals surface area contributed by atoms with Crippen LogP contribution in [0.5, 0.6) is 11.5 Å². The number of hydrogen-bond donors (Lipinski definition) is 2. The van der Waals surface area contributed by atoms with Gasteiger partial charge >= 0.3 is 0 Å². The molecule has 3 aromatic rings. The smallest absolute Gasteiger partial charge is 0.232 e. The molecular weight excluding hydrogens is 460 g/mol. The molecule has 1 amide bonds. The molecule has 3 N–H and O–H groups in total. The second kappa shape index (κ2) is 10.3.